The Kier molecular flexibility index (Phi) is 3.97. The van der Waals surface area contributed by atoms with Crippen LogP contribution >= 0.6 is 11.6 Å². The highest BCUT2D eigenvalue weighted by Gasteiger charge is 2.18. The average molecular weight is 278 g/mol. The van der Waals surface area contributed by atoms with Crippen LogP contribution in [0.5, 0.6) is 0 Å². The Balaban J connectivity index is 2.28. The lowest BCUT2D eigenvalue weighted by Gasteiger charge is -2.16. The molecule has 1 aromatic carbocycles. The Bertz CT molecular complexity index is 604. The minimum absolute atomic E-state index is 0.0857. The summed E-state index contributed by atoms with van der Waals surface area (Å²) in [5, 5.41) is 14.6. The fourth-order valence-electron chi connectivity index (χ4n) is 1.81. The topological polar surface area (TPSA) is 68.1 Å². The lowest BCUT2D eigenvalue weighted by atomic mass is 10.1. The minimum atomic E-state index is -0.391. The SMILES string of the molecule is CC(Nc1cnccc1Cl)c1ccccc1[N+](=O)[O-]. The summed E-state index contributed by atoms with van der Waals surface area (Å²) in [7, 11) is 0. The molecule has 0 aliphatic carbocycles. The second kappa shape index (κ2) is 5.67. The van der Waals surface area contributed by atoms with E-state index in [1.807, 2.05) is 6.92 Å². The second-order valence-electron chi connectivity index (χ2n) is 4.04. The van der Waals surface area contributed by atoms with Gasteiger partial charge in [-0.05, 0) is 13.0 Å². The molecule has 2 aromatic rings. The number of benzene rings is 1. The molecule has 0 bridgehead atoms. The number of nitrogens with zero attached hydrogens (tertiary/aromatic N) is 2. The number of halogens is 1. The van der Waals surface area contributed by atoms with Gasteiger partial charge in [-0.25, -0.2) is 0 Å². The summed E-state index contributed by atoms with van der Waals surface area (Å²) in [4.78, 5) is 14.6. The molecule has 0 amide bonds. The number of hydrogen-bond donors (Lipinski definition) is 1. The monoisotopic (exact) mass is 277 g/mol. The molecule has 0 spiro atoms. The number of anilines is 1. The number of nitro groups is 1. The maximum Gasteiger partial charge on any atom is 0.274 e. The number of nitro benzene ring substituents is 1. The molecule has 1 N–H and O–H groups in total. The van der Waals surface area contributed by atoms with Gasteiger partial charge in [0.2, 0.25) is 0 Å². The molecule has 1 unspecified atom stereocenters. The number of para-hydroxylation sites is 1. The maximum atomic E-state index is 11.0. The Morgan fingerprint density at radius 3 is 2.79 bits per heavy atom. The predicted octanol–water partition coefficient (Wildman–Crippen LogP) is 3.82. The van der Waals surface area contributed by atoms with Gasteiger partial charge >= 0.3 is 0 Å². The van der Waals surface area contributed by atoms with Crippen molar-refractivity contribution in [2.45, 2.75) is 13.0 Å². The number of hydrogen-bond acceptors (Lipinski definition) is 4. The molecule has 0 radical (unpaired) electrons. The van der Waals surface area contributed by atoms with Crippen LogP contribution in [0.15, 0.2) is 42.7 Å². The molecule has 0 aliphatic heterocycles. The van der Waals surface area contributed by atoms with Gasteiger partial charge in [-0.3, -0.25) is 15.1 Å². The van der Waals surface area contributed by atoms with Gasteiger partial charge in [0.1, 0.15) is 0 Å². The fourth-order valence-corrected chi connectivity index (χ4v) is 1.97. The molecule has 0 saturated heterocycles. The largest absolute Gasteiger partial charge is 0.376 e. The van der Waals surface area contributed by atoms with Gasteiger partial charge in [-0.15, -0.1) is 0 Å². The minimum Gasteiger partial charge on any atom is -0.376 e. The summed E-state index contributed by atoms with van der Waals surface area (Å²) < 4.78 is 0. The molecular formula is C13H12ClN3O2. The first-order chi connectivity index (χ1) is 9.09. The number of aromatic nitrogens is 1. The van der Waals surface area contributed by atoms with Crippen molar-refractivity contribution in [3.63, 3.8) is 0 Å². The molecular weight excluding hydrogens is 266 g/mol. The first-order valence-corrected chi connectivity index (χ1v) is 6.06. The van der Waals surface area contributed by atoms with Gasteiger partial charge in [-0.2, -0.15) is 0 Å². The third-order valence-corrected chi connectivity index (χ3v) is 3.07. The van der Waals surface area contributed by atoms with Crippen LogP contribution in [0.2, 0.25) is 5.02 Å². The smallest absolute Gasteiger partial charge is 0.274 e. The van der Waals surface area contributed by atoms with Gasteiger partial charge in [-0.1, -0.05) is 29.8 Å². The molecule has 2 rings (SSSR count). The number of rotatable bonds is 4. The second-order valence-corrected chi connectivity index (χ2v) is 4.44. The van der Waals surface area contributed by atoms with Crippen LogP contribution in [0.25, 0.3) is 0 Å². The zero-order valence-corrected chi connectivity index (χ0v) is 11.0. The van der Waals surface area contributed by atoms with Crippen LogP contribution in [0.1, 0.15) is 18.5 Å². The van der Waals surface area contributed by atoms with Crippen molar-refractivity contribution in [3.8, 4) is 0 Å². The summed E-state index contributed by atoms with van der Waals surface area (Å²) in [5.74, 6) is 0. The van der Waals surface area contributed by atoms with E-state index in [0.29, 0.717) is 16.3 Å². The van der Waals surface area contributed by atoms with Crippen LogP contribution < -0.4 is 5.32 Å². The highest BCUT2D eigenvalue weighted by Crippen LogP contribution is 2.29. The summed E-state index contributed by atoms with van der Waals surface area (Å²) >= 11 is 6.02. The normalized spacial score (nSPS) is 11.9. The average Bonchev–Trinajstić information content (AvgIpc) is 2.41. The summed E-state index contributed by atoms with van der Waals surface area (Å²) in [6.45, 7) is 1.84. The van der Waals surface area contributed by atoms with Crippen molar-refractivity contribution in [2.75, 3.05) is 5.32 Å². The van der Waals surface area contributed by atoms with E-state index in [4.69, 9.17) is 11.6 Å². The van der Waals surface area contributed by atoms with Gasteiger partial charge in [0.05, 0.1) is 33.4 Å². The third-order valence-electron chi connectivity index (χ3n) is 2.74. The molecule has 0 saturated carbocycles. The van der Waals surface area contributed by atoms with E-state index in [2.05, 4.69) is 10.3 Å². The van der Waals surface area contributed by atoms with E-state index < -0.39 is 4.92 Å². The van der Waals surface area contributed by atoms with Crippen molar-refractivity contribution < 1.29 is 4.92 Å². The van der Waals surface area contributed by atoms with Crippen molar-refractivity contribution in [1.82, 2.24) is 4.98 Å². The highest BCUT2D eigenvalue weighted by atomic mass is 35.5. The first kappa shape index (κ1) is 13.3. The standard InChI is InChI=1S/C13H12ClN3O2/c1-9(16-12-8-15-7-6-11(12)14)10-4-2-3-5-13(10)17(18)19/h2-9,16H,1H3. The first-order valence-electron chi connectivity index (χ1n) is 5.69. The van der Waals surface area contributed by atoms with Crippen molar-refractivity contribution in [2.24, 2.45) is 0 Å². The van der Waals surface area contributed by atoms with E-state index in [1.54, 1.807) is 36.7 Å². The van der Waals surface area contributed by atoms with Crippen LogP contribution in [0.4, 0.5) is 11.4 Å². The molecule has 0 fully saturated rings. The Morgan fingerprint density at radius 1 is 1.37 bits per heavy atom. The van der Waals surface area contributed by atoms with E-state index in [-0.39, 0.29) is 11.7 Å². The summed E-state index contributed by atoms with van der Waals surface area (Å²) in [6, 6.07) is 8.04. The van der Waals surface area contributed by atoms with Crippen molar-refractivity contribution in [3.05, 3.63) is 63.4 Å². The quantitative estimate of drug-likeness (QED) is 0.681. The van der Waals surface area contributed by atoms with Crippen molar-refractivity contribution >= 4 is 23.0 Å². The zero-order valence-electron chi connectivity index (χ0n) is 10.2. The molecule has 1 aromatic heterocycles. The highest BCUT2D eigenvalue weighted by molar-refractivity contribution is 6.33. The summed E-state index contributed by atoms with van der Waals surface area (Å²) in [6.07, 6.45) is 3.18. The van der Waals surface area contributed by atoms with Crippen LogP contribution in [-0.2, 0) is 0 Å². The third kappa shape index (κ3) is 3.00. The van der Waals surface area contributed by atoms with Gasteiger partial charge < -0.3 is 5.32 Å². The Labute approximate surface area is 115 Å². The number of pyridine rings is 1. The lowest BCUT2D eigenvalue weighted by Crippen LogP contribution is -2.09. The molecule has 98 valence electrons. The summed E-state index contributed by atoms with van der Waals surface area (Å²) in [5.41, 5.74) is 1.34. The maximum absolute atomic E-state index is 11.0. The van der Waals surface area contributed by atoms with E-state index in [0.717, 1.165) is 0 Å². The Morgan fingerprint density at radius 2 is 2.11 bits per heavy atom. The molecule has 0 aliphatic rings. The van der Waals surface area contributed by atoms with Gasteiger partial charge in [0.25, 0.3) is 5.69 Å². The van der Waals surface area contributed by atoms with Gasteiger partial charge in [0.15, 0.2) is 0 Å². The molecule has 5 nitrogen and oxygen atoms in total. The van der Waals surface area contributed by atoms with Crippen LogP contribution in [0.3, 0.4) is 0 Å². The number of nitrogens with one attached hydrogen (secondary N) is 1. The Hall–Kier alpha value is -2.14. The molecule has 19 heavy (non-hydrogen) atoms. The van der Waals surface area contributed by atoms with E-state index in [1.165, 1.54) is 6.07 Å². The molecule has 1 atom stereocenters. The zero-order chi connectivity index (χ0) is 13.8. The predicted molar refractivity (Wildman–Crippen MR) is 74.4 cm³/mol. The van der Waals surface area contributed by atoms with Crippen LogP contribution in [0, 0.1) is 10.1 Å². The van der Waals surface area contributed by atoms with Gasteiger partial charge in [0, 0.05) is 12.3 Å². The molecule has 1 heterocycles. The fraction of sp³-hybridized carbons (Fsp3) is 0.154. The van der Waals surface area contributed by atoms with Crippen molar-refractivity contribution in [1.29, 1.82) is 0 Å². The van der Waals surface area contributed by atoms with E-state index in [9.17, 15) is 10.1 Å². The van der Waals surface area contributed by atoms with E-state index >= 15 is 0 Å². The molecule has 6 heteroatoms. The lowest BCUT2D eigenvalue weighted by molar-refractivity contribution is -0.385. The van der Waals surface area contributed by atoms with Crippen LogP contribution in [-0.4, -0.2) is 9.91 Å².